The summed E-state index contributed by atoms with van der Waals surface area (Å²) in [5.74, 6) is 1.48. The van der Waals surface area contributed by atoms with Crippen LogP contribution in [0.1, 0.15) is 33.2 Å². The third-order valence-electron chi connectivity index (χ3n) is 24.4. The minimum absolute atomic E-state index is 0.00751. The Labute approximate surface area is 678 Å². The van der Waals surface area contributed by atoms with Crippen molar-refractivity contribution >= 4 is 101 Å². The van der Waals surface area contributed by atoms with Crippen LogP contribution in [0.3, 0.4) is 0 Å². The van der Waals surface area contributed by atoms with Crippen LogP contribution in [0.2, 0.25) is 0 Å². The van der Waals surface area contributed by atoms with Crippen molar-refractivity contribution in [3.05, 3.63) is 441 Å². The number of ether oxygens (including phenoxy) is 1. The summed E-state index contributed by atoms with van der Waals surface area (Å²) in [6.07, 6.45) is 0. The van der Waals surface area contributed by atoms with Crippen LogP contribution >= 0.6 is 0 Å². The first-order valence-corrected chi connectivity index (χ1v) is 39.2. The van der Waals surface area contributed by atoms with E-state index in [1.165, 1.54) is 33.0 Å². The first-order chi connectivity index (χ1) is 60.4. The highest BCUT2D eigenvalue weighted by atomic mass is 16.5. The van der Waals surface area contributed by atoms with E-state index in [0.29, 0.717) is 11.4 Å². The van der Waals surface area contributed by atoms with E-state index >= 15 is 0 Å². The monoisotopic (exact) mass is 1470 g/mol. The predicted molar refractivity (Wildman–Crippen MR) is 479 cm³/mol. The maximum Gasteiger partial charge on any atom is 0.252 e. The number of aromatic nitrogens is 2. The quantitative estimate of drug-likeness (QED) is 0.128. The van der Waals surface area contributed by atoms with Gasteiger partial charge in [0.25, 0.3) is 6.71 Å². The molecular formula is C109H69BN4O. The number of nitrogens with zero attached hydrogens (tertiary/aromatic N) is 4. The highest BCUT2D eigenvalue weighted by Gasteiger charge is 2.52. The molecule has 6 heteroatoms. The van der Waals surface area contributed by atoms with E-state index in [-0.39, 0.29) is 33.9 Å². The Balaban J connectivity index is 0.848. The zero-order valence-electron chi connectivity index (χ0n) is 70.0. The van der Waals surface area contributed by atoms with Crippen molar-refractivity contribution in [1.82, 2.24) is 9.13 Å². The minimum Gasteiger partial charge on any atom is -0.457 e. The van der Waals surface area contributed by atoms with Crippen molar-refractivity contribution in [3.63, 3.8) is 0 Å². The molecule has 4 aliphatic rings. The van der Waals surface area contributed by atoms with E-state index < -0.39 is 48.4 Å². The first kappa shape index (κ1) is 57.1. The molecule has 2 aromatic heterocycles. The van der Waals surface area contributed by atoms with Gasteiger partial charge in [0, 0.05) is 89.0 Å². The number of benzene rings is 18. The number of hydrogen-bond acceptors (Lipinski definition) is 3. The van der Waals surface area contributed by atoms with E-state index in [0.717, 1.165) is 151 Å². The van der Waals surface area contributed by atoms with E-state index in [1.54, 1.807) is 4.57 Å². The topological polar surface area (TPSA) is 25.6 Å². The van der Waals surface area contributed by atoms with E-state index in [2.05, 4.69) is 366 Å². The summed E-state index contributed by atoms with van der Waals surface area (Å²) in [5.41, 5.74) is 29.4. The molecule has 0 saturated heterocycles. The van der Waals surface area contributed by atoms with Gasteiger partial charge in [0.05, 0.1) is 49.8 Å². The maximum atomic E-state index is 9.95. The predicted octanol–water partition coefficient (Wildman–Crippen LogP) is 26.4. The minimum atomic E-state index is -0.753. The van der Waals surface area contributed by atoms with Crippen LogP contribution in [0.5, 0.6) is 11.5 Å². The van der Waals surface area contributed by atoms with Gasteiger partial charge in [-0.15, -0.1) is 0 Å². The third-order valence-corrected chi connectivity index (χ3v) is 24.4. The van der Waals surface area contributed by atoms with Crippen molar-refractivity contribution in [3.8, 4) is 101 Å². The van der Waals surface area contributed by atoms with Gasteiger partial charge in [-0.1, -0.05) is 340 Å². The maximum absolute atomic E-state index is 9.95. The van der Waals surface area contributed by atoms with Crippen molar-refractivity contribution in [2.45, 2.75) is 5.41 Å². The largest absolute Gasteiger partial charge is 0.457 e. The summed E-state index contributed by atoms with van der Waals surface area (Å²) >= 11 is 0. The van der Waals surface area contributed by atoms with Gasteiger partial charge >= 0.3 is 0 Å². The Morgan fingerprint density at radius 1 is 0.252 bits per heavy atom. The van der Waals surface area contributed by atoms with Crippen LogP contribution < -0.4 is 30.9 Å². The zero-order valence-corrected chi connectivity index (χ0v) is 62.0. The summed E-state index contributed by atoms with van der Waals surface area (Å²) in [6, 6.07) is 129. The fraction of sp³-hybridized carbons (Fsp3) is 0.00917. The summed E-state index contributed by atoms with van der Waals surface area (Å²) in [5, 5.41) is 2.35. The first-order valence-electron chi connectivity index (χ1n) is 43.2. The summed E-state index contributed by atoms with van der Waals surface area (Å²) < 4.78 is 87.7. The average molecular weight is 1470 g/mol. The number of rotatable bonds is 10. The van der Waals surface area contributed by atoms with Crippen LogP contribution in [0.25, 0.3) is 133 Å². The van der Waals surface area contributed by atoms with Gasteiger partial charge in [-0.3, -0.25) is 0 Å². The molecule has 24 rings (SSSR count). The normalized spacial score (nSPS) is 14.1. The second-order valence-electron chi connectivity index (χ2n) is 30.3. The Morgan fingerprint density at radius 2 is 0.643 bits per heavy atom. The molecule has 0 atom stereocenters. The molecule has 0 saturated carbocycles. The van der Waals surface area contributed by atoms with Gasteiger partial charge in [-0.2, -0.15) is 0 Å². The SMILES string of the molecule is [2H]c1c([2H])c([2H])c2c(c1[2H])c1c([2H])c([2H])c([2H])c([2H])c1n2-c1ccc2c(c1)N(c1c(-c3ccccc3)cccc1-c1ccccc1)c1cc(-c3ccc4c(c3)Oc3ccccc3C43c4ccccc4-c4ccccc43)cc3c1B2c1ccc(-c2ccc(-n4c5ccccc5c5ccccc54)cc2)cc1N3c1c(-c2ccccc2)cccc1-c1ccccc1. The molecule has 1 spiro atoms. The molecule has 5 nitrogen and oxygen atoms in total. The van der Waals surface area contributed by atoms with Gasteiger partial charge in [-0.05, 0) is 162 Å². The van der Waals surface area contributed by atoms with Gasteiger partial charge in [0.2, 0.25) is 0 Å². The van der Waals surface area contributed by atoms with Crippen molar-refractivity contribution in [2.75, 3.05) is 9.80 Å². The van der Waals surface area contributed by atoms with Crippen LogP contribution in [-0.4, -0.2) is 15.8 Å². The van der Waals surface area contributed by atoms with Crippen molar-refractivity contribution < 1.29 is 15.7 Å². The molecule has 5 heterocycles. The van der Waals surface area contributed by atoms with Crippen LogP contribution in [0.15, 0.2) is 418 Å². The van der Waals surface area contributed by atoms with Gasteiger partial charge < -0.3 is 23.7 Å². The molecule has 18 aromatic carbocycles. The lowest BCUT2D eigenvalue weighted by atomic mass is 9.33. The Bertz CT molecular complexity index is 7620. The highest BCUT2D eigenvalue weighted by Crippen LogP contribution is 2.63. The molecule has 0 bridgehead atoms. The fourth-order valence-corrected chi connectivity index (χ4v) is 19.6. The number of fused-ring (bicyclic) bond motifs is 19. The van der Waals surface area contributed by atoms with E-state index in [9.17, 15) is 8.22 Å². The zero-order chi connectivity index (χ0) is 82.4. The van der Waals surface area contributed by atoms with Gasteiger partial charge in [-0.25, -0.2) is 0 Å². The lowest BCUT2D eigenvalue weighted by Crippen LogP contribution is -2.61. The summed E-state index contributed by atoms with van der Waals surface area (Å²) in [4.78, 5) is 4.98. The second-order valence-corrected chi connectivity index (χ2v) is 30.3. The molecule has 534 valence electrons. The molecule has 20 aromatic rings. The number of anilines is 6. The van der Waals surface area contributed by atoms with Crippen LogP contribution in [0.4, 0.5) is 34.1 Å². The van der Waals surface area contributed by atoms with Crippen LogP contribution in [0, 0.1) is 0 Å². The Morgan fingerprint density at radius 3 is 1.18 bits per heavy atom. The van der Waals surface area contributed by atoms with E-state index in [1.807, 2.05) is 18.2 Å². The average Bonchev–Trinajstić information content (AvgIpc) is 1.68. The second kappa shape index (κ2) is 25.5. The van der Waals surface area contributed by atoms with Crippen LogP contribution in [-0.2, 0) is 5.41 Å². The standard InChI is InChI=1S/C109H69BN4O/c1-5-29-71(30-6-1)80-43-27-44-81(72-31-7-2-8-32-72)107(80)113-100-65-75(70-55-59-78(60-56-70)111-96-50-22-15-39-86(96)87-40-16-23-51-97(87)111)58-63-94(100)110-95-64-61-79(112-98-52-24-17-41-88(98)89-42-18-25-53-99(89)112)69-101(95)114(108-82(73-33-9-3-10-34-73)45-28-46-83(108)74-35-11-4-12-36-74)103-67-77(66-102(113)106(103)110)76-57-62-93-105(68-76)115-104-54-26-21-49-92(104)109(93)90-47-19-13-37-84(90)85-38-14-20-48-91(85)109/h1-69H/i17D,18D,24D,25D,41D,42D,52D,53D. The summed E-state index contributed by atoms with van der Waals surface area (Å²) in [6.45, 7) is -0.561. The molecule has 1 aliphatic carbocycles. The molecule has 0 unspecified atom stereocenters. The Hall–Kier alpha value is -15.0. The molecule has 115 heavy (non-hydrogen) atoms. The lowest BCUT2D eigenvalue weighted by Gasteiger charge is -2.46. The number of hydrogen-bond donors (Lipinski definition) is 0. The Kier molecular flexibility index (Phi) is 12.7. The van der Waals surface area contributed by atoms with E-state index in [4.69, 9.17) is 7.48 Å². The van der Waals surface area contributed by atoms with Gasteiger partial charge in [0.15, 0.2) is 0 Å². The fourth-order valence-electron chi connectivity index (χ4n) is 19.6. The molecular weight excluding hydrogens is 1390 g/mol. The van der Waals surface area contributed by atoms with Crippen molar-refractivity contribution in [1.29, 1.82) is 0 Å². The molecule has 3 aliphatic heterocycles. The number of para-hydroxylation sites is 7. The molecule has 0 amide bonds. The molecule has 0 N–H and O–H groups in total. The highest BCUT2D eigenvalue weighted by molar-refractivity contribution is 7.00. The molecule has 0 fully saturated rings. The summed E-state index contributed by atoms with van der Waals surface area (Å²) in [7, 11) is 0. The smallest absolute Gasteiger partial charge is 0.252 e. The third kappa shape index (κ3) is 9.64. The van der Waals surface area contributed by atoms with Crippen molar-refractivity contribution in [2.24, 2.45) is 0 Å². The molecule has 0 radical (unpaired) electrons. The van der Waals surface area contributed by atoms with Gasteiger partial charge in [0.1, 0.15) is 11.5 Å². The lowest BCUT2D eigenvalue weighted by molar-refractivity contribution is 0.436.